The summed E-state index contributed by atoms with van der Waals surface area (Å²) in [5.74, 6) is -2.38. The lowest BCUT2D eigenvalue weighted by Gasteiger charge is -2.20. The number of aliphatic carboxylic acids is 1. The number of carbonyl (C=O) groups excluding carboxylic acids is 2. The standard InChI is InChI=1S/C47H88NO10P/c1-3-5-7-9-11-13-15-17-19-20-21-22-23-24-25-27-28-30-32-34-36-38-45(49)55-40-43(41-56-59(53,54)57-42-44(48)47(51)52)58-46(50)39-37-35-33-31-29-26-18-16-14-12-10-8-6-4-2/h10,12,16,18,43-44H,3-9,11,13-15,17,19-42,48H2,1-2H3,(H,51,52)(H,53,54)/b12-10+,18-16+/t43-,44-/m0/s1. The van der Waals surface area contributed by atoms with E-state index < -0.39 is 51.1 Å². The number of rotatable bonds is 45. The number of phosphoric ester groups is 1. The van der Waals surface area contributed by atoms with Crippen molar-refractivity contribution in [2.45, 2.75) is 238 Å². The van der Waals surface area contributed by atoms with E-state index >= 15 is 0 Å². The fourth-order valence-corrected chi connectivity index (χ4v) is 7.45. The molecule has 1 unspecified atom stereocenters. The van der Waals surface area contributed by atoms with Crippen LogP contribution in [0.1, 0.15) is 226 Å². The average Bonchev–Trinajstić information content (AvgIpc) is 3.21. The molecule has 0 aliphatic rings. The smallest absolute Gasteiger partial charge is 0.472 e. The number of phosphoric acid groups is 1. The maximum absolute atomic E-state index is 12.6. The molecule has 0 radical (unpaired) electrons. The Morgan fingerprint density at radius 1 is 0.525 bits per heavy atom. The van der Waals surface area contributed by atoms with E-state index in [1.165, 1.54) is 122 Å². The van der Waals surface area contributed by atoms with Gasteiger partial charge < -0.3 is 25.2 Å². The molecule has 4 N–H and O–H groups in total. The maximum atomic E-state index is 12.6. The lowest BCUT2D eigenvalue weighted by Crippen LogP contribution is -2.34. The van der Waals surface area contributed by atoms with Gasteiger partial charge in [0.25, 0.3) is 0 Å². The molecule has 0 amide bonds. The molecular formula is C47H88NO10P. The van der Waals surface area contributed by atoms with Crippen molar-refractivity contribution in [2.75, 3.05) is 19.8 Å². The topological polar surface area (TPSA) is 172 Å². The van der Waals surface area contributed by atoms with Crippen LogP contribution in [-0.2, 0) is 37.5 Å². The van der Waals surface area contributed by atoms with Crippen LogP contribution in [0.25, 0.3) is 0 Å². The highest BCUT2D eigenvalue weighted by molar-refractivity contribution is 7.47. The first-order valence-corrected chi connectivity index (χ1v) is 25.4. The van der Waals surface area contributed by atoms with Crippen molar-refractivity contribution < 1.29 is 47.5 Å². The molecule has 0 fully saturated rings. The van der Waals surface area contributed by atoms with E-state index in [0.717, 1.165) is 64.2 Å². The molecule has 0 aliphatic heterocycles. The molecule has 3 atom stereocenters. The molecule has 0 rings (SSSR count). The zero-order valence-electron chi connectivity index (χ0n) is 37.6. The number of carbonyl (C=O) groups is 3. The molecule has 0 aromatic heterocycles. The number of unbranched alkanes of at least 4 members (excludes halogenated alkanes) is 27. The minimum Gasteiger partial charge on any atom is -0.480 e. The molecule has 59 heavy (non-hydrogen) atoms. The molecule has 0 saturated heterocycles. The van der Waals surface area contributed by atoms with E-state index in [1.807, 2.05) is 0 Å². The molecule has 0 heterocycles. The predicted octanol–water partition coefficient (Wildman–Crippen LogP) is 13.0. The third kappa shape index (κ3) is 42.4. The van der Waals surface area contributed by atoms with E-state index in [-0.39, 0.29) is 19.4 Å². The van der Waals surface area contributed by atoms with Crippen molar-refractivity contribution in [1.82, 2.24) is 0 Å². The first-order valence-electron chi connectivity index (χ1n) is 23.9. The summed E-state index contributed by atoms with van der Waals surface area (Å²) in [5, 5.41) is 8.90. The van der Waals surface area contributed by atoms with Crippen LogP contribution in [0, 0.1) is 0 Å². The van der Waals surface area contributed by atoms with E-state index in [9.17, 15) is 23.8 Å². The summed E-state index contributed by atoms with van der Waals surface area (Å²) < 4.78 is 32.7. The van der Waals surface area contributed by atoms with Gasteiger partial charge in [-0.3, -0.25) is 23.4 Å². The minimum absolute atomic E-state index is 0.148. The van der Waals surface area contributed by atoms with Crippen LogP contribution in [0.5, 0.6) is 0 Å². The zero-order chi connectivity index (χ0) is 43.5. The Morgan fingerprint density at radius 3 is 1.37 bits per heavy atom. The van der Waals surface area contributed by atoms with E-state index in [2.05, 4.69) is 42.7 Å². The molecule has 0 aliphatic carbocycles. The summed E-state index contributed by atoms with van der Waals surface area (Å²) >= 11 is 0. The second-order valence-corrected chi connectivity index (χ2v) is 17.7. The van der Waals surface area contributed by atoms with Gasteiger partial charge in [-0.15, -0.1) is 0 Å². The summed E-state index contributed by atoms with van der Waals surface area (Å²) in [7, 11) is -4.72. The second-order valence-electron chi connectivity index (χ2n) is 16.2. The number of hydrogen-bond donors (Lipinski definition) is 3. The van der Waals surface area contributed by atoms with Crippen LogP contribution in [0.4, 0.5) is 0 Å². The van der Waals surface area contributed by atoms with Gasteiger partial charge in [0.15, 0.2) is 6.10 Å². The lowest BCUT2D eigenvalue weighted by atomic mass is 10.0. The largest absolute Gasteiger partial charge is 0.480 e. The SMILES string of the molecule is CCCC/C=C/C/C=C/CCCCCCCC(=O)O[C@@H](COC(=O)CCCCCCCCCCCCCCCCCCCCCCC)COP(=O)(O)OC[C@H](N)C(=O)O. The number of nitrogens with two attached hydrogens (primary N) is 1. The van der Waals surface area contributed by atoms with Crippen LogP contribution >= 0.6 is 7.82 Å². The van der Waals surface area contributed by atoms with Crippen molar-refractivity contribution in [1.29, 1.82) is 0 Å². The van der Waals surface area contributed by atoms with E-state index in [4.69, 9.17) is 24.8 Å². The fraction of sp³-hybridized carbons (Fsp3) is 0.851. The Labute approximate surface area is 360 Å². The fourth-order valence-electron chi connectivity index (χ4n) is 6.67. The van der Waals surface area contributed by atoms with Gasteiger partial charge in [-0.05, 0) is 38.5 Å². The number of esters is 2. The second kappa shape index (κ2) is 42.6. The summed E-state index contributed by atoms with van der Waals surface area (Å²) in [5.41, 5.74) is 5.34. The van der Waals surface area contributed by atoms with Crippen molar-refractivity contribution in [3.8, 4) is 0 Å². The molecule has 346 valence electrons. The third-order valence-corrected chi connectivity index (χ3v) is 11.4. The van der Waals surface area contributed by atoms with Crippen molar-refractivity contribution >= 4 is 25.7 Å². The first-order chi connectivity index (χ1) is 28.6. The Bertz CT molecular complexity index is 1100. The summed E-state index contributed by atoms with van der Waals surface area (Å²) in [6, 6.07) is -1.52. The molecule has 11 nitrogen and oxygen atoms in total. The Hall–Kier alpha value is -2.04. The van der Waals surface area contributed by atoms with Gasteiger partial charge in [0, 0.05) is 12.8 Å². The van der Waals surface area contributed by atoms with Gasteiger partial charge in [0.2, 0.25) is 0 Å². The predicted molar refractivity (Wildman–Crippen MR) is 240 cm³/mol. The Balaban J connectivity index is 4.23. The molecule has 0 saturated carbocycles. The quantitative estimate of drug-likeness (QED) is 0.0230. The van der Waals surface area contributed by atoms with Gasteiger partial charge in [-0.25, -0.2) is 4.57 Å². The van der Waals surface area contributed by atoms with Gasteiger partial charge in [0.1, 0.15) is 12.6 Å². The van der Waals surface area contributed by atoms with Gasteiger partial charge in [0.05, 0.1) is 13.2 Å². The van der Waals surface area contributed by atoms with Gasteiger partial charge in [-0.2, -0.15) is 0 Å². The highest BCUT2D eigenvalue weighted by atomic mass is 31.2. The van der Waals surface area contributed by atoms with Crippen LogP contribution in [0.3, 0.4) is 0 Å². The number of carboxylic acid groups (broad SMARTS) is 1. The van der Waals surface area contributed by atoms with Gasteiger partial charge in [-0.1, -0.05) is 199 Å². The van der Waals surface area contributed by atoms with Gasteiger partial charge >= 0.3 is 25.7 Å². The van der Waals surface area contributed by atoms with Crippen LogP contribution in [0.2, 0.25) is 0 Å². The molecular weight excluding hydrogens is 769 g/mol. The van der Waals surface area contributed by atoms with Crippen LogP contribution < -0.4 is 5.73 Å². The summed E-state index contributed by atoms with van der Waals surface area (Å²) in [4.78, 5) is 46.0. The number of hydrogen-bond acceptors (Lipinski definition) is 9. The summed E-state index contributed by atoms with van der Waals surface area (Å²) in [6.07, 6.45) is 45.3. The highest BCUT2D eigenvalue weighted by Crippen LogP contribution is 2.43. The molecule has 0 aromatic rings. The van der Waals surface area contributed by atoms with Crippen molar-refractivity contribution in [3.05, 3.63) is 24.3 Å². The lowest BCUT2D eigenvalue weighted by molar-refractivity contribution is -0.161. The summed E-state index contributed by atoms with van der Waals surface area (Å²) in [6.45, 7) is 2.78. The molecule has 0 spiro atoms. The normalized spacial score (nSPS) is 13.8. The van der Waals surface area contributed by atoms with E-state index in [1.54, 1.807) is 0 Å². The first kappa shape index (κ1) is 57.0. The van der Waals surface area contributed by atoms with Crippen molar-refractivity contribution in [2.24, 2.45) is 5.73 Å². The number of ether oxygens (including phenoxy) is 2. The molecule has 0 bridgehead atoms. The minimum atomic E-state index is -4.72. The highest BCUT2D eigenvalue weighted by Gasteiger charge is 2.28. The maximum Gasteiger partial charge on any atom is 0.472 e. The zero-order valence-corrected chi connectivity index (χ0v) is 38.5. The molecule has 12 heteroatoms. The van der Waals surface area contributed by atoms with Crippen LogP contribution in [0.15, 0.2) is 24.3 Å². The van der Waals surface area contributed by atoms with Crippen molar-refractivity contribution in [3.63, 3.8) is 0 Å². The molecule has 0 aromatic carbocycles. The average molecular weight is 858 g/mol. The van der Waals surface area contributed by atoms with Crippen LogP contribution in [-0.4, -0.2) is 59.9 Å². The van der Waals surface area contributed by atoms with E-state index in [0.29, 0.717) is 12.8 Å². The number of carboxylic acids is 1. The number of allylic oxidation sites excluding steroid dienone is 4. The third-order valence-electron chi connectivity index (χ3n) is 10.5. The Kier molecular flexibility index (Phi) is 41.2. The Morgan fingerprint density at radius 2 is 0.915 bits per heavy atom. The monoisotopic (exact) mass is 858 g/mol.